The highest BCUT2D eigenvalue weighted by atomic mass is 35.5. The number of anilines is 1. The third kappa shape index (κ3) is 2.17. The number of benzene rings is 1. The van der Waals surface area contributed by atoms with Crippen LogP contribution in [0.2, 0.25) is 4.34 Å². The Morgan fingerprint density at radius 2 is 2.00 bits per heavy atom. The topological polar surface area (TPSA) is 37.8 Å². The molecular formula is C14H12ClN3S. The van der Waals surface area contributed by atoms with Crippen LogP contribution in [-0.4, -0.2) is 17.0 Å². The van der Waals surface area contributed by atoms with E-state index in [2.05, 4.69) is 28.3 Å². The van der Waals surface area contributed by atoms with E-state index in [0.717, 1.165) is 31.5 Å². The summed E-state index contributed by atoms with van der Waals surface area (Å²) in [6.07, 6.45) is 0. The van der Waals surface area contributed by atoms with Crippen molar-refractivity contribution in [2.45, 2.75) is 6.92 Å². The van der Waals surface area contributed by atoms with Gasteiger partial charge >= 0.3 is 0 Å². The van der Waals surface area contributed by atoms with Gasteiger partial charge in [-0.2, -0.15) is 0 Å². The van der Waals surface area contributed by atoms with Gasteiger partial charge in [0, 0.05) is 12.4 Å². The van der Waals surface area contributed by atoms with Gasteiger partial charge in [-0.25, -0.2) is 9.97 Å². The second-order valence-corrected chi connectivity index (χ2v) is 5.93. The summed E-state index contributed by atoms with van der Waals surface area (Å²) < 4.78 is 0.744. The van der Waals surface area contributed by atoms with Gasteiger partial charge in [0.1, 0.15) is 5.82 Å². The highest BCUT2D eigenvalue weighted by Gasteiger charge is 2.11. The van der Waals surface area contributed by atoms with E-state index in [1.807, 2.05) is 31.3 Å². The number of aromatic nitrogens is 2. The smallest absolute Gasteiger partial charge is 0.172 e. The van der Waals surface area contributed by atoms with Gasteiger partial charge in [-0.3, -0.25) is 0 Å². The fraction of sp³-hybridized carbons (Fsp3) is 0.143. The molecule has 3 nitrogen and oxygen atoms in total. The number of hydrogen-bond donors (Lipinski definition) is 1. The van der Waals surface area contributed by atoms with E-state index in [4.69, 9.17) is 11.6 Å². The third-order valence-corrected chi connectivity index (χ3v) is 4.19. The number of nitrogens with one attached hydrogen (secondary N) is 1. The van der Waals surface area contributed by atoms with Crippen LogP contribution in [0.4, 0.5) is 5.82 Å². The van der Waals surface area contributed by atoms with Crippen LogP contribution in [-0.2, 0) is 0 Å². The Kier molecular flexibility index (Phi) is 3.12. The Labute approximate surface area is 120 Å². The number of nitrogens with zero attached hydrogens (tertiary/aromatic N) is 2. The van der Waals surface area contributed by atoms with Gasteiger partial charge in [0.15, 0.2) is 5.82 Å². The van der Waals surface area contributed by atoms with Crippen LogP contribution in [0.1, 0.15) is 5.56 Å². The lowest BCUT2D eigenvalue weighted by atomic mass is 10.1. The Bertz CT molecular complexity index is 752. The first-order valence-corrected chi connectivity index (χ1v) is 7.09. The van der Waals surface area contributed by atoms with E-state index in [9.17, 15) is 0 Å². The molecule has 0 aliphatic rings. The number of thiophene rings is 1. The molecule has 96 valence electrons. The fourth-order valence-corrected chi connectivity index (χ4v) is 3.06. The maximum absolute atomic E-state index is 5.97. The molecule has 3 aromatic rings. The normalized spacial score (nSPS) is 10.9. The average Bonchev–Trinajstić information content (AvgIpc) is 2.84. The van der Waals surface area contributed by atoms with Crippen molar-refractivity contribution in [3.05, 3.63) is 40.2 Å². The summed E-state index contributed by atoms with van der Waals surface area (Å²) in [5.74, 6) is 1.56. The largest absolute Gasteiger partial charge is 0.373 e. The van der Waals surface area contributed by atoms with E-state index in [1.54, 1.807) is 0 Å². The zero-order valence-corrected chi connectivity index (χ0v) is 12.1. The fourth-order valence-electron chi connectivity index (χ4n) is 2.08. The summed E-state index contributed by atoms with van der Waals surface area (Å²) in [5.41, 5.74) is 2.11. The molecule has 0 aliphatic heterocycles. The monoisotopic (exact) mass is 289 g/mol. The number of halogens is 1. The predicted octanol–water partition coefficient (Wildman–Crippen LogP) is 4.36. The van der Waals surface area contributed by atoms with Gasteiger partial charge in [0.05, 0.1) is 14.7 Å². The number of fused-ring (bicyclic) bond motifs is 1. The standard InChI is InChI=1S/C14H12ClN3S/c1-8-4-3-5-9-12(8)14(16-2)18-13(17-9)10-6-7-11(15)19-10/h3-7H,1-2H3,(H,16,17,18). The molecule has 0 amide bonds. The first-order chi connectivity index (χ1) is 9.19. The van der Waals surface area contributed by atoms with Crippen molar-refractivity contribution in [3.63, 3.8) is 0 Å². The zero-order chi connectivity index (χ0) is 13.4. The Hall–Kier alpha value is -1.65. The van der Waals surface area contributed by atoms with Crippen LogP contribution in [0.15, 0.2) is 30.3 Å². The van der Waals surface area contributed by atoms with Crippen LogP contribution in [0.25, 0.3) is 21.6 Å². The number of rotatable bonds is 2. The van der Waals surface area contributed by atoms with Crippen LogP contribution in [0.3, 0.4) is 0 Å². The molecule has 2 heterocycles. The Morgan fingerprint density at radius 1 is 1.16 bits per heavy atom. The summed E-state index contributed by atoms with van der Waals surface area (Å²) in [4.78, 5) is 10.2. The molecule has 19 heavy (non-hydrogen) atoms. The second-order valence-electron chi connectivity index (χ2n) is 4.22. The molecule has 0 bridgehead atoms. The van der Waals surface area contributed by atoms with E-state index in [0.29, 0.717) is 5.82 Å². The van der Waals surface area contributed by atoms with E-state index < -0.39 is 0 Å². The minimum atomic E-state index is 0.708. The Balaban J connectivity index is 2.29. The number of hydrogen-bond acceptors (Lipinski definition) is 4. The van der Waals surface area contributed by atoms with Crippen LogP contribution in [0.5, 0.6) is 0 Å². The molecule has 0 saturated heterocycles. The first kappa shape index (κ1) is 12.4. The maximum Gasteiger partial charge on any atom is 0.172 e. The Morgan fingerprint density at radius 3 is 2.68 bits per heavy atom. The molecule has 1 N–H and O–H groups in total. The van der Waals surface area contributed by atoms with Crippen molar-refractivity contribution in [2.75, 3.05) is 12.4 Å². The molecule has 0 aliphatic carbocycles. The van der Waals surface area contributed by atoms with Crippen LogP contribution >= 0.6 is 22.9 Å². The molecule has 0 saturated carbocycles. The van der Waals surface area contributed by atoms with Gasteiger partial charge in [-0.1, -0.05) is 23.7 Å². The summed E-state index contributed by atoms with van der Waals surface area (Å²) in [5, 5.41) is 4.21. The average molecular weight is 290 g/mol. The van der Waals surface area contributed by atoms with Gasteiger partial charge in [-0.05, 0) is 30.7 Å². The number of aryl methyl sites for hydroxylation is 1. The van der Waals surface area contributed by atoms with Crippen molar-refractivity contribution in [2.24, 2.45) is 0 Å². The molecule has 0 radical (unpaired) electrons. The van der Waals surface area contributed by atoms with Gasteiger partial charge in [0.2, 0.25) is 0 Å². The third-order valence-electron chi connectivity index (χ3n) is 2.96. The molecular weight excluding hydrogens is 278 g/mol. The predicted molar refractivity (Wildman–Crippen MR) is 82.1 cm³/mol. The van der Waals surface area contributed by atoms with Crippen molar-refractivity contribution in [3.8, 4) is 10.7 Å². The van der Waals surface area contributed by atoms with Gasteiger partial charge in [-0.15, -0.1) is 11.3 Å². The van der Waals surface area contributed by atoms with Crippen LogP contribution in [0, 0.1) is 6.92 Å². The van der Waals surface area contributed by atoms with Crippen molar-refractivity contribution >= 4 is 39.7 Å². The summed E-state index contributed by atoms with van der Waals surface area (Å²) in [6, 6.07) is 9.89. The SMILES string of the molecule is CNc1nc(-c2ccc(Cl)s2)nc2cccc(C)c12. The van der Waals surface area contributed by atoms with E-state index in [1.165, 1.54) is 11.3 Å². The van der Waals surface area contributed by atoms with Crippen molar-refractivity contribution < 1.29 is 0 Å². The first-order valence-electron chi connectivity index (χ1n) is 5.90. The molecule has 0 spiro atoms. The maximum atomic E-state index is 5.97. The van der Waals surface area contributed by atoms with Gasteiger partial charge in [0.25, 0.3) is 0 Å². The highest BCUT2D eigenvalue weighted by molar-refractivity contribution is 7.19. The lowest BCUT2D eigenvalue weighted by Gasteiger charge is -2.09. The molecule has 1 aromatic carbocycles. The minimum Gasteiger partial charge on any atom is -0.373 e. The molecule has 2 aromatic heterocycles. The summed E-state index contributed by atoms with van der Waals surface area (Å²) in [6.45, 7) is 2.06. The molecule has 5 heteroatoms. The van der Waals surface area contributed by atoms with Crippen LogP contribution < -0.4 is 5.32 Å². The summed E-state index contributed by atoms with van der Waals surface area (Å²) >= 11 is 7.46. The lowest BCUT2D eigenvalue weighted by molar-refractivity contribution is 1.22. The highest BCUT2D eigenvalue weighted by Crippen LogP contribution is 2.32. The van der Waals surface area contributed by atoms with Gasteiger partial charge < -0.3 is 5.32 Å². The molecule has 0 unspecified atom stereocenters. The second kappa shape index (κ2) is 4.79. The van der Waals surface area contributed by atoms with E-state index >= 15 is 0 Å². The molecule has 0 fully saturated rings. The zero-order valence-electron chi connectivity index (χ0n) is 10.6. The molecule has 0 atom stereocenters. The minimum absolute atomic E-state index is 0.708. The van der Waals surface area contributed by atoms with E-state index in [-0.39, 0.29) is 0 Å². The molecule has 3 rings (SSSR count). The summed E-state index contributed by atoms with van der Waals surface area (Å²) in [7, 11) is 1.87. The van der Waals surface area contributed by atoms with Crippen molar-refractivity contribution in [1.82, 2.24) is 9.97 Å². The quantitative estimate of drug-likeness (QED) is 0.761. The lowest BCUT2D eigenvalue weighted by Crippen LogP contribution is -1.99. The van der Waals surface area contributed by atoms with Crippen molar-refractivity contribution in [1.29, 1.82) is 0 Å².